The number of carbonyl (C=O) groups excluding carboxylic acids is 1. The van der Waals surface area contributed by atoms with Crippen LogP contribution in [0.2, 0.25) is 0 Å². The van der Waals surface area contributed by atoms with Gasteiger partial charge in [-0.3, -0.25) is 4.79 Å². The Hall–Kier alpha value is -2.58. The summed E-state index contributed by atoms with van der Waals surface area (Å²) in [4.78, 5) is 14.7. The molecule has 3 rings (SSSR count). The van der Waals surface area contributed by atoms with Crippen LogP contribution in [0, 0.1) is 12.8 Å². The van der Waals surface area contributed by atoms with E-state index in [1.54, 1.807) is 31.2 Å². The first kappa shape index (κ1) is 22.1. The number of anilines is 1. The minimum absolute atomic E-state index is 0.0200. The molecule has 2 aromatic carbocycles. The van der Waals surface area contributed by atoms with Crippen LogP contribution in [0.5, 0.6) is 11.5 Å². The smallest absolute Gasteiger partial charge is 0.246 e. The van der Waals surface area contributed by atoms with E-state index in [0.29, 0.717) is 37.4 Å². The quantitative estimate of drug-likeness (QED) is 0.701. The lowest BCUT2D eigenvalue weighted by molar-refractivity contribution is -0.123. The van der Waals surface area contributed by atoms with E-state index in [0.717, 1.165) is 11.3 Å². The Kier molecular flexibility index (Phi) is 6.67. The molecule has 0 atom stereocenters. The Bertz CT molecular complexity index is 1010. The van der Waals surface area contributed by atoms with Gasteiger partial charge in [-0.25, -0.2) is 8.42 Å². The van der Waals surface area contributed by atoms with Crippen LogP contribution < -0.4 is 14.4 Å². The first-order valence-electron chi connectivity index (χ1n) is 9.84. The monoisotopic (exact) mass is 432 g/mol. The number of sulfonamides is 1. The maximum Gasteiger partial charge on any atom is 0.246 e. The van der Waals surface area contributed by atoms with Gasteiger partial charge in [0.15, 0.2) is 0 Å². The molecule has 0 aromatic heterocycles. The lowest BCUT2D eigenvalue weighted by Gasteiger charge is -2.32. The Morgan fingerprint density at radius 3 is 2.40 bits per heavy atom. The first-order chi connectivity index (χ1) is 14.3. The fourth-order valence-corrected chi connectivity index (χ4v) is 5.40. The van der Waals surface area contributed by atoms with Crippen LogP contribution in [0.1, 0.15) is 18.4 Å². The topological polar surface area (TPSA) is 76.2 Å². The summed E-state index contributed by atoms with van der Waals surface area (Å²) in [7, 11) is 1.09. The summed E-state index contributed by atoms with van der Waals surface area (Å²) >= 11 is 0. The highest BCUT2D eigenvalue weighted by Gasteiger charge is 2.34. The van der Waals surface area contributed by atoms with Crippen LogP contribution in [0.15, 0.2) is 47.4 Å². The maximum absolute atomic E-state index is 13.2. The van der Waals surface area contributed by atoms with Crippen molar-refractivity contribution >= 4 is 21.6 Å². The molecule has 0 unspecified atom stereocenters. The van der Waals surface area contributed by atoms with Gasteiger partial charge >= 0.3 is 0 Å². The molecule has 1 fully saturated rings. The van der Waals surface area contributed by atoms with Gasteiger partial charge in [0, 0.05) is 37.8 Å². The molecule has 0 radical (unpaired) electrons. The third kappa shape index (κ3) is 4.44. The van der Waals surface area contributed by atoms with Crippen LogP contribution in [-0.4, -0.2) is 53.0 Å². The molecular formula is C22H28N2O5S. The second kappa shape index (κ2) is 9.06. The number of aryl methyl sites for hydroxylation is 1. The van der Waals surface area contributed by atoms with E-state index in [2.05, 4.69) is 0 Å². The summed E-state index contributed by atoms with van der Waals surface area (Å²) < 4.78 is 38.2. The minimum Gasteiger partial charge on any atom is -0.497 e. The van der Waals surface area contributed by atoms with Crippen molar-refractivity contribution in [3.05, 3.63) is 48.0 Å². The number of methoxy groups -OCH3 is 2. The fraction of sp³-hybridized carbons (Fsp3) is 0.409. The first-order valence-corrected chi connectivity index (χ1v) is 11.3. The van der Waals surface area contributed by atoms with Crippen LogP contribution >= 0.6 is 0 Å². The van der Waals surface area contributed by atoms with Gasteiger partial charge in [-0.15, -0.1) is 0 Å². The number of amides is 1. The number of hydrogen-bond acceptors (Lipinski definition) is 5. The molecule has 1 heterocycles. The Morgan fingerprint density at radius 1 is 1.07 bits per heavy atom. The summed E-state index contributed by atoms with van der Waals surface area (Å²) in [6, 6.07) is 12.4. The number of benzene rings is 2. The highest BCUT2D eigenvalue weighted by molar-refractivity contribution is 7.89. The number of carbonyl (C=O) groups is 1. The molecule has 162 valence electrons. The fourth-order valence-electron chi connectivity index (χ4n) is 3.69. The molecule has 1 amide bonds. The van der Waals surface area contributed by atoms with Crippen molar-refractivity contribution in [3.63, 3.8) is 0 Å². The van der Waals surface area contributed by atoms with Crippen LogP contribution in [0.3, 0.4) is 0 Å². The van der Waals surface area contributed by atoms with Gasteiger partial charge in [-0.05, 0) is 49.6 Å². The molecule has 0 N–H and O–H groups in total. The highest BCUT2D eigenvalue weighted by atomic mass is 32.2. The van der Waals surface area contributed by atoms with Crippen molar-refractivity contribution in [2.75, 3.05) is 39.3 Å². The summed E-state index contributed by atoms with van der Waals surface area (Å²) in [6.07, 6.45) is 0.945. The van der Waals surface area contributed by atoms with E-state index in [4.69, 9.17) is 9.47 Å². The summed E-state index contributed by atoms with van der Waals surface area (Å²) in [5, 5.41) is 0. The zero-order valence-electron chi connectivity index (χ0n) is 17.8. The molecule has 7 nitrogen and oxygen atoms in total. The lowest BCUT2D eigenvalue weighted by Crippen LogP contribution is -2.43. The molecular weight excluding hydrogens is 404 g/mol. The molecule has 1 saturated heterocycles. The molecule has 0 spiro atoms. The van der Waals surface area contributed by atoms with Crippen molar-refractivity contribution in [1.82, 2.24) is 4.31 Å². The molecule has 8 heteroatoms. The zero-order chi connectivity index (χ0) is 21.9. The summed E-state index contributed by atoms with van der Waals surface area (Å²) in [6.45, 7) is 2.43. The molecule has 30 heavy (non-hydrogen) atoms. The predicted octanol–water partition coefficient (Wildman–Crippen LogP) is 3.08. The van der Waals surface area contributed by atoms with E-state index in [1.807, 2.05) is 37.3 Å². The van der Waals surface area contributed by atoms with Gasteiger partial charge in [-0.2, -0.15) is 4.31 Å². The SMILES string of the molecule is COc1cccc(N(C)C(=O)C2CCN(S(=O)(=O)c3cc(C)ccc3OC)CC2)c1. The van der Waals surface area contributed by atoms with Crippen LogP contribution in [-0.2, 0) is 14.8 Å². The lowest BCUT2D eigenvalue weighted by atomic mass is 9.96. The van der Waals surface area contributed by atoms with E-state index in [1.165, 1.54) is 11.4 Å². The Labute approximate surface area is 178 Å². The number of nitrogens with zero attached hydrogens (tertiary/aromatic N) is 2. The van der Waals surface area contributed by atoms with Crippen molar-refractivity contribution in [2.45, 2.75) is 24.7 Å². The highest BCUT2D eigenvalue weighted by Crippen LogP contribution is 2.31. The van der Waals surface area contributed by atoms with Gasteiger partial charge < -0.3 is 14.4 Å². The number of hydrogen-bond donors (Lipinski definition) is 0. The van der Waals surface area contributed by atoms with Gasteiger partial charge in [0.1, 0.15) is 16.4 Å². The normalized spacial score (nSPS) is 15.6. The summed E-state index contributed by atoms with van der Waals surface area (Å²) in [5.41, 5.74) is 1.60. The predicted molar refractivity (Wildman–Crippen MR) is 116 cm³/mol. The molecule has 0 bridgehead atoms. The van der Waals surface area contributed by atoms with Crippen molar-refractivity contribution in [3.8, 4) is 11.5 Å². The van der Waals surface area contributed by atoms with Gasteiger partial charge in [0.25, 0.3) is 0 Å². The minimum atomic E-state index is -3.69. The number of ether oxygens (including phenoxy) is 2. The molecule has 2 aromatic rings. The largest absolute Gasteiger partial charge is 0.497 e. The van der Waals surface area contributed by atoms with E-state index >= 15 is 0 Å². The van der Waals surface area contributed by atoms with Crippen molar-refractivity contribution < 1.29 is 22.7 Å². The maximum atomic E-state index is 13.2. The molecule has 1 aliphatic heterocycles. The Balaban J connectivity index is 1.71. The molecule has 0 saturated carbocycles. The van der Waals surface area contributed by atoms with E-state index in [-0.39, 0.29) is 16.7 Å². The van der Waals surface area contributed by atoms with Crippen LogP contribution in [0.4, 0.5) is 5.69 Å². The molecule has 0 aliphatic carbocycles. The third-order valence-corrected chi connectivity index (χ3v) is 7.43. The molecule has 1 aliphatic rings. The van der Waals surface area contributed by atoms with Gasteiger partial charge in [0.2, 0.25) is 15.9 Å². The average molecular weight is 433 g/mol. The van der Waals surface area contributed by atoms with Crippen molar-refractivity contribution in [2.24, 2.45) is 5.92 Å². The average Bonchev–Trinajstić information content (AvgIpc) is 2.78. The second-order valence-corrected chi connectivity index (χ2v) is 9.34. The summed E-state index contributed by atoms with van der Waals surface area (Å²) in [5.74, 6) is 0.761. The third-order valence-electron chi connectivity index (χ3n) is 5.51. The van der Waals surface area contributed by atoms with Crippen molar-refractivity contribution in [1.29, 1.82) is 0 Å². The zero-order valence-corrected chi connectivity index (χ0v) is 18.6. The van der Waals surface area contributed by atoms with E-state index < -0.39 is 10.0 Å². The standard InChI is InChI=1S/C22H28N2O5S/c1-16-8-9-20(29-4)21(14-16)30(26,27)24-12-10-17(11-13-24)22(25)23(2)18-6-5-7-19(15-18)28-3/h5-9,14-15,17H,10-13H2,1-4H3. The number of rotatable bonds is 6. The van der Waals surface area contributed by atoms with Crippen LogP contribution in [0.25, 0.3) is 0 Å². The van der Waals surface area contributed by atoms with Gasteiger partial charge in [0.05, 0.1) is 14.2 Å². The van der Waals surface area contributed by atoms with E-state index in [9.17, 15) is 13.2 Å². The second-order valence-electron chi connectivity index (χ2n) is 7.43. The van der Waals surface area contributed by atoms with Gasteiger partial charge in [-0.1, -0.05) is 12.1 Å². The number of piperidine rings is 1. The Morgan fingerprint density at radius 2 is 1.77 bits per heavy atom.